The molecule has 0 saturated heterocycles. The van der Waals surface area contributed by atoms with Crippen molar-refractivity contribution in [1.82, 2.24) is 0 Å². The number of benzene rings is 1. The van der Waals surface area contributed by atoms with E-state index in [1.165, 1.54) is 11.1 Å². The Morgan fingerprint density at radius 1 is 1.44 bits per heavy atom. The zero-order valence-corrected chi connectivity index (χ0v) is 11.1. The van der Waals surface area contributed by atoms with Gasteiger partial charge in [-0.2, -0.15) is 0 Å². The van der Waals surface area contributed by atoms with Crippen LogP contribution in [0.3, 0.4) is 0 Å². The summed E-state index contributed by atoms with van der Waals surface area (Å²) in [4.78, 5) is 0. The number of nitrogens with two attached hydrogens (primary N) is 1. The summed E-state index contributed by atoms with van der Waals surface area (Å²) in [5, 5.41) is 0. The first-order valence-electron chi connectivity index (χ1n) is 5.42. The van der Waals surface area contributed by atoms with Gasteiger partial charge in [-0.3, -0.25) is 0 Å². The van der Waals surface area contributed by atoms with Crippen LogP contribution >= 0.6 is 15.9 Å². The Balaban J connectivity index is 2.45. The Kier molecular flexibility index (Phi) is 3.40. The second-order valence-corrected chi connectivity index (χ2v) is 4.98. The molecule has 0 aliphatic carbocycles. The summed E-state index contributed by atoms with van der Waals surface area (Å²) in [6, 6.07) is 2.16. The van der Waals surface area contributed by atoms with E-state index in [4.69, 9.17) is 15.2 Å². The standard InChI is InChI=1S/C12H16BrNO2/c1-7-5-10-12(16-4-3-15-10)11(13)9(7)6-8(2)14/h5,8H,3-4,6,14H2,1-2H3. The van der Waals surface area contributed by atoms with Gasteiger partial charge >= 0.3 is 0 Å². The fraction of sp³-hybridized carbons (Fsp3) is 0.500. The minimum Gasteiger partial charge on any atom is -0.486 e. The minimum absolute atomic E-state index is 0.137. The van der Waals surface area contributed by atoms with Crippen molar-refractivity contribution in [2.45, 2.75) is 26.3 Å². The summed E-state index contributed by atoms with van der Waals surface area (Å²) in [6.45, 7) is 5.29. The topological polar surface area (TPSA) is 44.5 Å². The molecule has 1 aromatic carbocycles. The summed E-state index contributed by atoms with van der Waals surface area (Å²) >= 11 is 3.59. The number of hydrogen-bond donors (Lipinski definition) is 1. The van der Waals surface area contributed by atoms with Crippen molar-refractivity contribution in [3.63, 3.8) is 0 Å². The van der Waals surface area contributed by atoms with E-state index in [1.807, 2.05) is 13.0 Å². The van der Waals surface area contributed by atoms with E-state index in [0.29, 0.717) is 13.2 Å². The first-order valence-corrected chi connectivity index (χ1v) is 6.22. The lowest BCUT2D eigenvalue weighted by molar-refractivity contribution is 0.170. The second-order valence-electron chi connectivity index (χ2n) is 4.19. The van der Waals surface area contributed by atoms with E-state index in [1.54, 1.807) is 0 Å². The van der Waals surface area contributed by atoms with E-state index in [2.05, 4.69) is 22.9 Å². The molecule has 0 radical (unpaired) electrons. The van der Waals surface area contributed by atoms with Crippen LogP contribution < -0.4 is 15.2 Å². The number of halogens is 1. The van der Waals surface area contributed by atoms with Gasteiger partial charge in [0.05, 0.1) is 4.47 Å². The summed E-state index contributed by atoms with van der Waals surface area (Å²) in [6.07, 6.45) is 0.836. The van der Waals surface area contributed by atoms with Crippen LogP contribution in [0.25, 0.3) is 0 Å². The maximum atomic E-state index is 5.85. The van der Waals surface area contributed by atoms with Crippen molar-refractivity contribution in [3.8, 4) is 11.5 Å². The van der Waals surface area contributed by atoms with Crippen molar-refractivity contribution in [3.05, 3.63) is 21.7 Å². The lowest BCUT2D eigenvalue weighted by Crippen LogP contribution is -2.20. The highest BCUT2D eigenvalue weighted by Crippen LogP contribution is 2.41. The highest BCUT2D eigenvalue weighted by molar-refractivity contribution is 9.10. The van der Waals surface area contributed by atoms with Crippen LogP contribution in [0.1, 0.15) is 18.1 Å². The average Bonchev–Trinajstić information content (AvgIpc) is 2.24. The quantitative estimate of drug-likeness (QED) is 0.908. The lowest BCUT2D eigenvalue weighted by Gasteiger charge is -2.23. The highest BCUT2D eigenvalue weighted by atomic mass is 79.9. The fourth-order valence-corrected chi connectivity index (χ4v) is 2.66. The molecule has 0 bridgehead atoms. The van der Waals surface area contributed by atoms with Crippen molar-refractivity contribution < 1.29 is 9.47 Å². The van der Waals surface area contributed by atoms with Crippen molar-refractivity contribution in [2.24, 2.45) is 5.73 Å². The van der Waals surface area contributed by atoms with Gasteiger partial charge in [-0.25, -0.2) is 0 Å². The minimum atomic E-state index is 0.137. The van der Waals surface area contributed by atoms with E-state index < -0.39 is 0 Å². The first-order chi connectivity index (χ1) is 7.59. The molecule has 1 unspecified atom stereocenters. The van der Waals surface area contributed by atoms with E-state index >= 15 is 0 Å². The SMILES string of the molecule is Cc1cc2c(c(Br)c1CC(C)N)OCCO2. The van der Waals surface area contributed by atoms with Crippen molar-refractivity contribution >= 4 is 15.9 Å². The second kappa shape index (κ2) is 4.63. The maximum Gasteiger partial charge on any atom is 0.175 e. The molecule has 0 aromatic heterocycles. The van der Waals surface area contributed by atoms with Crippen LogP contribution in [0.15, 0.2) is 10.5 Å². The number of rotatable bonds is 2. The number of ether oxygens (including phenoxy) is 2. The molecule has 0 saturated carbocycles. The summed E-state index contributed by atoms with van der Waals surface area (Å²) < 4.78 is 12.2. The summed E-state index contributed by atoms with van der Waals surface area (Å²) in [7, 11) is 0. The molecule has 16 heavy (non-hydrogen) atoms. The Bertz CT molecular complexity index is 404. The van der Waals surface area contributed by atoms with Crippen LogP contribution in [0, 0.1) is 6.92 Å². The van der Waals surface area contributed by atoms with Gasteiger partial charge in [0.1, 0.15) is 13.2 Å². The van der Waals surface area contributed by atoms with Gasteiger partial charge in [-0.1, -0.05) is 0 Å². The van der Waals surface area contributed by atoms with E-state index in [-0.39, 0.29) is 6.04 Å². The molecular formula is C12H16BrNO2. The molecule has 1 aliphatic rings. The predicted octanol–water partition coefficient (Wildman–Crippen LogP) is 2.42. The predicted molar refractivity (Wildman–Crippen MR) is 67.2 cm³/mol. The monoisotopic (exact) mass is 285 g/mol. The molecule has 1 aliphatic heterocycles. The van der Waals surface area contributed by atoms with Gasteiger partial charge in [-0.05, 0) is 53.4 Å². The van der Waals surface area contributed by atoms with Crippen LogP contribution in [-0.2, 0) is 6.42 Å². The molecular weight excluding hydrogens is 270 g/mol. The average molecular weight is 286 g/mol. The fourth-order valence-electron chi connectivity index (χ4n) is 1.88. The largest absolute Gasteiger partial charge is 0.486 e. The first kappa shape index (κ1) is 11.7. The Morgan fingerprint density at radius 3 is 2.81 bits per heavy atom. The molecule has 88 valence electrons. The number of fused-ring (bicyclic) bond motifs is 1. The van der Waals surface area contributed by atoms with Crippen molar-refractivity contribution in [2.75, 3.05) is 13.2 Å². The molecule has 2 N–H and O–H groups in total. The molecule has 3 nitrogen and oxygen atoms in total. The van der Waals surface area contributed by atoms with Gasteiger partial charge in [0, 0.05) is 6.04 Å². The van der Waals surface area contributed by atoms with Gasteiger partial charge in [0.15, 0.2) is 11.5 Å². The number of hydrogen-bond acceptors (Lipinski definition) is 3. The van der Waals surface area contributed by atoms with Crippen LogP contribution in [-0.4, -0.2) is 19.3 Å². The molecule has 0 fully saturated rings. The lowest BCUT2D eigenvalue weighted by atomic mass is 10.0. The molecule has 2 rings (SSSR count). The third-order valence-electron chi connectivity index (χ3n) is 2.63. The van der Waals surface area contributed by atoms with Gasteiger partial charge in [0.2, 0.25) is 0 Å². The molecule has 1 atom stereocenters. The zero-order chi connectivity index (χ0) is 11.7. The third kappa shape index (κ3) is 2.18. The van der Waals surface area contributed by atoms with Crippen LogP contribution in [0.4, 0.5) is 0 Å². The third-order valence-corrected chi connectivity index (χ3v) is 3.46. The van der Waals surface area contributed by atoms with Gasteiger partial charge < -0.3 is 15.2 Å². The maximum absolute atomic E-state index is 5.85. The Labute approximate surface area is 104 Å². The Morgan fingerprint density at radius 2 is 2.12 bits per heavy atom. The summed E-state index contributed by atoms with van der Waals surface area (Å²) in [5.74, 6) is 1.64. The molecule has 0 spiro atoms. The Hall–Kier alpha value is -0.740. The van der Waals surface area contributed by atoms with E-state index in [0.717, 1.165) is 22.4 Å². The molecule has 1 heterocycles. The van der Waals surface area contributed by atoms with Gasteiger partial charge in [-0.15, -0.1) is 0 Å². The van der Waals surface area contributed by atoms with Gasteiger partial charge in [0.25, 0.3) is 0 Å². The smallest absolute Gasteiger partial charge is 0.175 e. The zero-order valence-electron chi connectivity index (χ0n) is 9.55. The van der Waals surface area contributed by atoms with Crippen molar-refractivity contribution in [1.29, 1.82) is 0 Å². The highest BCUT2D eigenvalue weighted by Gasteiger charge is 2.20. The van der Waals surface area contributed by atoms with Crippen LogP contribution in [0.5, 0.6) is 11.5 Å². The normalized spacial score (nSPS) is 16.0. The molecule has 4 heteroatoms. The number of aryl methyl sites for hydroxylation is 1. The van der Waals surface area contributed by atoms with Crippen LogP contribution in [0.2, 0.25) is 0 Å². The molecule has 1 aromatic rings. The van der Waals surface area contributed by atoms with E-state index in [9.17, 15) is 0 Å². The summed E-state index contributed by atoms with van der Waals surface area (Å²) in [5.41, 5.74) is 8.24. The molecule has 0 amide bonds.